The smallest absolute Gasteiger partial charge is 0.277 e. The third-order valence-electron chi connectivity index (χ3n) is 4.24. The second-order valence-electron chi connectivity index (χ2n) is 6.96. The van der Waals surface area contributed by atoms with Crippen LogP contribution in [-0.4, -0.2) is 18.2 Å². The second-order valence-corrected chi connectivity index (χ2v) is 6.96. The normalized spacial score (nSPS) is 18.7. The number of hydrogen-bond acceptors (Lipinski definition) is 3. The first-order chi connectivity index (χ1) is 10.4. The maximum absolute atomic E-state index is 11.7. The highest BCUT2D eigenvalue weighted by atomic mass is 16.5. The zero-order chi connectivity index (χ0) is 16.0. The number of nitrogens with one attached hydrogen (secondary N) is 1. The minimum Gasteiger partial charge on any atom is -0.484 e. The number of benzene rings is 1. The molecule has 0 bridgehead atoms. The Morgan fingerprint density at radius 2 is 1.86 bits per heavy atom. The molecule has 2 rings (SSSR count). The van der Waals surface area contributed by atoms with Crippen molar-refractivity contribution in [1.29, 1.82) is 0 Å². The van der Waals surface area contributed by atoms with Crippen molar-refractivity contribution in [2.24, 2.45) is 16.4 Å². The first kappa shape index (κ1) is 16.5. The van der Waals surface area contributed by atoms with Gasteiger partial charge in [-0.25, -0.2) is 5.43 Å². The largest absolute Gasteiger partial charge is 0.484 e. The van der Waals surface area contributed by atoms with Crippen molar-refractivity contribution < 1.29 is 9.53 Å². The Bertz CT molecular complexity index is 508. The van der Waals surface area contributed by atoms with Gasteiger partial charge in [0, 0.05) is 5.71 Å². The Morgan fingerprint density at radius 1 is 1.23 bits per heavy atom. The van der Waals surface area contributed by atoms with Gasteiger partial charge in [0.15, 0.2) is 6.61 Å². The standard InChI is InChI=1S/C18H26N2O2/c1-18(2,3)14-9-11-15(12-10-14)19-20-17(21)13-22-16-7-5-4-6-8-16/h4-8,14H,9-13H2,1-3H3,(H,20,21). The number of para-hydroxylation sites is 1. The molecular weight excluding hydrogens is 276 g/mol. The van der Waals surface area contributed by atoms with Gasteiger partial charge in [-0.15, -0.1) is 0 Å². The number of carbonyl (C=O) groups is 1. The molecule has 1 N–H and O–H groups in total. The SMILES string of the molecule is CC(C)(C)C1CCC(=NNC(=O)COc2ccccc2)CC1. The van der Waals surface area contributed by atoms with E-state index >= 15 is 0 Å². The zero-order valence-corrected chi connectivity index (χ0v) is 13.8. The van der Waals surface area contributed by atoms with Crippen LogP contribution in [0, 0.1) is 11.3 Å². The number of amides is 1. The first-order valence-corrected chi connectivity index (χ1v) is 7.97. The van der Waals surface area contributed by atoms with Gasteiger partial charge in [0.2, 0.25) is 0 Å². The molecule has 120 valence electrons. The Labute approximate surface area is 132 Å². The van der Waals surface area contributed by atoms with Crippen molar-refractivity contribution in [1.82, 2.24) is 5.43 Å². The lowest BCUT2D eigenvalue weighted by atomic mass is 9.72. The molecule has 0 unspecified atom stereocenters. The van der Waals surface area contributed by atoms with Gasteiger partial charge in [-0.3, -0.25) is 4.79 Å². The van der Waals surface area contributed by atoms with Gasteiger partial charge in [0.1, 0.15) is 5.75 Å². The summed E-state index contributed by atoms with van der Waals surface area (Å²) < 4.78 is 5.39. The van der Waals surface area contributed by atoms with E-state index < -0.39 is 0 Å². The Hall–Kier alpha value is -1.84. The van der Waals surface area contributed by atoms with E-state index in [1.807, 2.05) is 30.3 Å². The molecule has 4 heteroatoms. The van der Waals surface area contributed by atoms with Crippen molar-refractivity contribution >= 4 is 11.6 Å². The molecule has 1 aromatic carbocycles. The lowest BCUT2D eigenvalue weighted by Gasteiger charge is -2.34. The first-order valence-electron chi connectivity index (χ1n) is 7.97. The lowest BCUT2D eigenvalue weighted by Crippen LogP contribution is -2.29. The quantitative estimate of drug-likeness (QED) is 0.861. The highest BCUT2D eigenvalue weighted by Gasteiger charge is 2.28. The van der Waals surface area contributed by atoms with Crippen molar-refractivity contribution in [3.8, 4) is 5.75 Å². The molecule has 0 aliphatic heterocycles. The van der Waals surface area contributed by atoms with Gasteiger partial charge in [-0.2, -0.15) is 5.10 Å². The fourth-order valence-electron chi connectivity index (χ4n) is 2.77. The Morgan fingerprint density at radius 3 is 2.45 bits per heavy atom. The monoisotopic (exact) mass is 302 g/mol. The van der Waals surface area contributed by atoms with Crippen LogP contribution >= 0.6 is 0 Å². The molecule has 0 radical (unpaired) electrons. The van der Waals surface area contributed by atoms with Crippen LogP contribution in [0.1, 0.15) is 46.5 Å². The van der Waals surface area contributed by atoms with E-state index in [2.05, 4.69) is 31.3 Å². The van der Waals surface area contributed by atoms with Crippen LogP contribution in [0.2, 0.25) is 0 Å². The van der Waals surface area contributed by atoms with Crippen molar-refractivity contribution in [3.63, 3.8) is 0 Å². The number of rotatable bonds is 4. The minimum absolute atomic E-state index is 0.00852. The fourth-order valence-corrected chi connectivity index (χ4v) is 2.77. The molecule has 0 atom stereocenters. The summed E-state index contributed by atoms with van der Waals surface area (Å²) in [6, 6.07) is 9.31. The van der Waals surface area contributed by atoms with Gasteiger partial charge < -0.3 is 4.74 Å². The average Bonchev–Trinajstić information content (AvgIpc) is 2.51. The summed E-state index contributed by atoms with van der Waals surface area (Å²) in [5.74, 6) is 1.22. The second kappa shape index (κ2) is 7.43. The molecule has 22 heavy (non-hydrogen) atoms. The fraction of sp³-hybridized carbons (Fsp3) is 0.556. The van der Waals surface area contributed by atoms with Gasteiger partial charge in [0.05, 0.1) is 0 Å². The van der Waals surface area contributed by atoms with Crippen molar-refractivity contribution in [2.75, 3.05) is 6.61 Å². The predicted molar refractivity (Wildman–Crippen MR) is 88.9 cm³/mol. The van der Waals surface area contributed by atoms with Gasteiger partial charge in [-0.1, -0.05) is 39.0 Å². The van der Waals surface area contributed by atoms with Crippen LogP contribution in [0.4, 0.5) is 0 Å². The summed E-state index contributed by atoms with van der Waals surface area (Å²) in [6.07, 6.45) is 4.25. The Kier molecular flexibility index (Phi) is 5.58. The van der Waals surface area contributed by atoms with E-state index in [0.29, 0.717) is 11.2 Å². The van der Waals surface area contributed by atoms with E-state index in [1.54, 1.807) is 0 Å². The number of nitrogens with zero attached hydrogens (tertiary/aromatic N) is 1. The predicted octanol–water partition coefficient (Wildman–Crippen LogP) is 3.77. The Balaban J connectivity index is 1.72. The highest BCUT2D eigenvalue weighted by molar-refractivity contribution is 5.87. The summed E-state index contributed by atoms with van der Waals surface area (Å²) in [6.45, 7) is 6.87. The van der Waals surface area contributed by atoms with Crippen LogP contribution in [0.15, 0.2) is 35.4 Å². The molecule has 4 nitrogen and oxygen atoms in total. The van der Waals surface area contributed by atoms with Gasteiger partial charge >= 0.3 is 0 Å². The molecule has 0 heterocycles. The van der Waals surface area contributed by atoms with Crippen molar-refractivity contribution in [3.05, 3.63) is 30.3 Å². The third kappa shape index (κ3) is 5.17. The highest BCUT2D eigenvalue weighted by Crippen LogP contribution is 2.36. The van der Waals surface area contributed by atoms with Crippen LogP contribution in [0.5, 0.6) is 5.75 Å². The lowest BCUT2D eigenvalue weighted by molar-refractivity contribution is -0.123. The minimum atomic E-state index is -0.214. The topological polar surface area (TPSA) is 50.7 Å². The van der Waals surface area contributed by atoms with Gasteiger partial charge in [0.25, 0.3) is 5.91 Å². The van der Waals surface area contributed by atoms with E-state index in [9.17, 15) is 4.79 Å². The molecule has 1 aromatic rings. The molecule has 0 aromatic heterocycles. The summed E-state index contributed by atoms with van der Waals surface area (Å²) in [7, 11) is 0. The summed E-state index contributed by atoms with van der Waals surface area (Å²) in [4.78, 5) is 11.7. The zero-order valence-electron chi connectivity index (χ0n) is 13.8. The average molecular weight is 302 g/mol. The molecule has 1 aliphatic rings. The molecule has 1 saturated carbocycles. The molecule has 0 spiro atoms. The molecule has 1 amide bonds. The maximum atomic E-state index is 11.7. The van der Waals surface area contributed by atoms with E-state index in [-0.39, 0.29) is 12.5 Å². The summed E-state index contributed by atoms with van der Waals surface area (Å²) >= 11 is 0. The van der Waals surface area contributed by atoms with Gasteiger partial charge in [-0.05, 0) is 49.1 Å². The number of carbonyl (C=O) groups excluding carboxylic acids is 1. The third-order valence-corrected chi connectivity index (χ3v) is 4.24. The number of hydrazone groups is 1. The molecular formula is C18H26N2O2. The van der Waals surface area contributed by atoms with E-state index in [0.717, 1.165) is 37.3 Å². The maximum Gasteiger partial charge on any atom is 0.277 e. The van der Waals surface area contributed by atoms with Crippen LogP contribution in [-0.2, 0) is 4.79 Å². The van der Waals surface area contributed by atoms with Crippen molar-refractivity contribution in [2.45, 2.75) is 46.5 Å². The molecule has 1 fully saturated rings. The van der Waals surface area contributed by atoms with Crippen LogP contribution in [0.3, 0.4) is 0 Å². The number of ether oxygens (including phenoxy) is 1. The van der Waals surface area contributed by atoms with E-state index in [1.165, 1.54) is 0 Å². The van der Waals surface area contributed by atoms with Crippen LogP contribution in [0.25, 0.3) is 0 Å². The van der Waals surface area contributed by atoms with Crippen LogP contribution < -0.4 is 10.2 Å². The molecule has 1 aliphatic carbocycles. The molecule has 0 saturated heterocycles. The summed E-state index contributed by atoms with van der Waals surface area (Å²) in [5, 5.41) is 4.25. The van der Waals surface area contributed by atoms with E-state index in [4.69, 9.17) is 4.74 Å². The number of hydrogen-bond donors (Lipinski definition) is 1. The summed E-state index contributed by atoms with van der Waals surface area (Å²) in [5.41, 5.74) is 4.05.